The van der Waals surface area contributed by atoms with Gasteiger partial charge in [0.1, 0.15) is 5.76 Å². The van der Waals surface area contributed by atoms with Crippen molar-refractivity contribution in [1.82, 2.24) is 4.98 Å². The lowest BCUT2D eigenvalue weighted by Gasteiger charge is -2.26. The van der Waals surface area contributed by atoms with E-state index in [9.17, 15) is 19.5 Å². The van der Waals surface area contributed by atoms with Gasteiger partial charge in [0, 0.05) is 23.6 Å². The number of aliphatic hydroxyl groups excluding tert-OH is 1. The maximum atomic E-state index is 13.3. The van der Waals surface area contributed by atoms with Crippen LogP contribution in [-0.4, -0.2) is 33.9 Å². The molecule has 1 amide bonds. The monoisotopic (exact) mass is 470 g/mol. The Morgan fingerprint density at radius 2 is 1.74 bits per heavy atom. The van der Waals surface area contributed by atoms with E-state index in [1.807, 2.05) is 26.0 Å². The summed E-state index contributed by atoms with van der Waals surface area (Å²) in [6, 6.07) is 14.4. The predicted octanol–water partition coefficient (Wildman–Crippen LogP) is 4.89. The Labute approximate surface area is 203 Å². The van der Waals surface area contributed by atoms with Crippen molar-refractivity contribution in [3.05, 3.63) is 100 Å². The number of hydrogen-bond acceptors (Lipinski definition) is 6. The number of rotatable bonds is 5. The van der Waals surface area contributed by atoms with Gasteiger partial charge in [0.15, 0.2) is 0 Å². The van der Waals surface area contributed by atoms with Crippen LogP contribution in [0.2, 0.25) is 0 Å². The number of aromatic nitrogens is 1. The molecule has 0 spiro atoms. The highest BCUT2D eigenvalue weighted by Gasteiger charge is 2.47. The number of benzene rings is 2. The van der Waals surface area contributed by atoms with E-state index >= 15 is 0 Å². The fraction of sp³-hybridized carbons (Fsp3) is 0.214. The van der Waals surface area contributed by atoms with Gasteiger partial charge in [-0.05, 0) is 75.2 Å². The Bertz CT molecular complexity index is 1340. The molecule has 7 heteroatoms. The highest BCUT2D eigenvalue weighted by Crippen LogP contribution is 2.42. The molecule has 2 aromatic carbocycles. The van der Waals surface area contributed by atoms with Crippen molar-refractivity contribution in [1.29, 1.82) is 0 Å². The molecule has 0 radical (unpaired) electrons. The first-order valence-corrected chi connectivity index (χ1v) is 11.3. The number of amides is 1. The fourth-order valence-corrected chi connectivity index (χ4v) is 4.16. The smallest absolute Gasteiger partial charge is 0.338 e. The third kappa shape index (κ3) is 4.57. The highest BCUT2D eigenvalue weighted by molar-refractivity contribution is 6.51. The summed E-state index contributed by atoms with van der Waals surface area (Å²) < 4.78 is 5.29. The van der Waals surface area contributed by atoms with Crippen molar-refractivity contribution in [3.8, 4) is 0 Å². The Balaban J connectivity index is 1.91. The summed E-state index contributed by atoms with van der Waals surface area (Å²) in [6.07, 6.45) is 2.81. The largest absolute Gasteiger partial charge is 0.507 e. The molecule has 35 heavy (non-hydrogen) atoms. The standard InChI is InChI=1S/C28H26N2O5/c1-16(2)35-28(34)20-6-5-7-21(15-20)30-24(19-10-12-29-13-11-19)23(26(32)27(30)33)25(31)22-14-17(3)8-9-18(22)4/h5-16,24,31H,1-4H3/b25-23+. The molecule has 4 rings (SSSR count). The summed E-state index contributed by atoms with van der Waals surface area (Å²) in [7, 11) is 0. The van der Waals surface area contributed by atoms with Crippen molar-refractivity contribution in [2.45, 2.75) is 39.8 Å². The number of esters is 1. The number of aryl methyl sites for hydroxylation is 2. The molecular weight excluding hydrogens is 444 g/mol. The van der Waals surface area contributed by atoms with Crippen LogP contribution in [0.3, 0.4) is 0 Å². The molecule has 1 fully saturated rings. The average molecular weight is 471 g/mol. The van der Waals surface area contributed by atoms with Crippen LogP contribution in [0.5, 0.6) is 0 Å². The van der Waals surface area contributed by atoms with Crippen molar-refractivity contribution in [3.63, 3.8) is 0 Å². The normalized spacial score (nSPS) is 17.2. The third-order valence-corrected chi connectivity index (χ3v) is 5.82. The second-order valence-corrected chi connectivity index (χ2v) is 8.77. The Morgan fingerprint density at radius 1 is 1.03 bits per heavy atom. The molecule has 2 heterocycles. The predicted molar refractivity (Wildman–Crippen MR) is 132 cm³/mol. The number of aliphatic hydroxyl groups is 1. The van der Waals surface area contributed by atoms with Crippen LogP contribution in [0.4, 0.5) is 5.69 Å². The van der Waals surface area contributed by atoms with Gasteiger partial charge in [-0.25, -0.2) is 4.79 Å². The molecule has 1 unspecified atom stereocenters. The molecule has 3 aromatic rings. The Morgan fingerprint density at radius 3 is 2.43 bits per heavy atom. The summed E-state index contributed by atoms with van der Waals surface area (Å²) in [5.74, 6) is -2.38. The minimum atomic E-state index is -0.908. The molecule has 0 aliphatic carbocycles. The van der Waals surface area contributed by atoms with Crippen molar-refractivity contribution < 1.29 is 24.2 Å². The zero-order chi connectivity index (χ0) is 25.3. The van der Waals surface area contributed by atoms with Gasteiger partial charge in [0.05, 0.1) is 23.3 Å². The van der Waals surface area contributed by atoms with Gasteiger partial charge in [0.2, 0.25) is 0 Å². The number of ketones is 1. The zero-order valence-electron chi connectivity index (χ0n) is 20.0. The van der Waals surface area contributed by atoms with Crippen LogP contribution in [0.15, 0.2) is 72.6 Å². The maximum Gasteiger partial charge on any atom is 0.338 e. The number of anilines is 1. The molecule has 1 atom stereocenters. The Hall–Kier alpha value is -4.26. The van der Waals surface area contributed by atoms with E-state index in [1.165, 1.54) is 11.0 Å². The van der Waals surface area contributed by atoms with Crippen LogP contribution in [0.1, 0.15) is 52.5 Å². The first-order valence-electron chi connectivity index (χ1n) is 11.3. The molecular formula is C28H26N2O5. The van der Waals surface area contributed by atoms with E-state index in [0.29, 0.717) is 16.8 Å². The van der Waals surface area contributed by atoms with Crippen molar-refractivity contribution in [2.24, 2.45) is 0 Å². The summed E-state index contributed by atoms with van der Waals surface area (Å²) >= 11 is 0. The van der Waals surface area contributed by atoms with E-state index in [2.05, 4.69) is 4.98 Å². The molecule has 178 valence electrons. The molecule has 0 bridgehead atoms. The molecule has 0 saturated carbocycles. The molecule has 1 saturated heterocycles. The lowest BCUT2D eigenvalue weighted by atomic mass is 9.93. The van der Waals surface area contributed by atoms with E-state index in [4.69, 9.17) is 4.74 Å². The topological polar surface area (TPSA) is 96.8 Å². The van der Waals surface area contributed by atoms with Crippen LogP contribution in [0, 0.1) is 13.8 Å². The van der Waals surface area contributed by atoms with Crippen molar-refractivity contribution >= 4 is 29.1 Å². The number of carbonyl (C=O) groups is 3. The second kappa shape index (κ2) is 9.54. The lowest BCUT2D eigenvalue weighted by Crippen LogP contribution is -2.29. The number of pyridine rings is 1. The molecule has 1 aromatic heterocycles. The van der Waals surface area contributed by atoms with Crippen LogP contribution in [0.25, 0.3) is 5.76 Å². The first kappa shape index (κ1) is 23.9. The van der Waals surface area contributed by atoms with Crippen LogP contribution >= 0.6 is 0 Å². The van der Waals surface area contributed by atoms with Crippen LogP contribution < -0.4 is 4.90 Å². The second-order valence-electron chi connectivity index (χ2n) is 8.77. The van der Waals surface area contributed by atoms with Gasteiger partial charge < -0.3 is 9.84 Å². The minimum absolute atomic E-state index is 0.0231. The number of ether oxygens (including phenoxy) is 1. The molecule has 1 aliphatic heterocycles. The van der Waals surface area contributed by atoms with Gasteiger partial charge in [-0.2, -0.15) is 0 Å². The van der Waals surface area contributed by atoms with E-state index in [-0.39, 0.29) is 23.0 Å². The van der Waals surface area contributed by atoms with Gasteiger partial charge in [-0.15, -0.1) is 0 Å². The van der Waals surface area contributed by atoms with Gasteiger partial charge in [-0.1, -0.05) is 23.8 Å². The number of hydrogen-bond donors (Lipinski definition) is 1. The fourth-order valence-electron chi connectivity index (χ4n) is 4.16. The average Bonchev–Trinajstić information content (AvgIpc) is 3.11. The molecule has 1 aliphatic rings. The molecule has 1 N–H and O–H groups in total. The van der Waals surface area contributed by atoms with Crippen LogP contribution in [-0.2, 0) is 14.3 Å². The number of Topliss-reactive ketones (excluding diaryl/α,β-unsaturated/α-hetero) is 1. The lowest BCUT2D eigenvalue weighted by molar-refractivity contribution is -0.132. The minimum Gasteiger partial charge on any atom is -0.507 e. The van der Waals surface area contributed by atoms with E-state index in [1.54, 1.807) is 62.6 Å². The zero-order valence-corrected chi connectivity index (χ0v) is 20.0. The highest BCUT2D eigenvalue weighted by atomic mass is 16.5. The van der Waals surface area contributed by atoms with Gasteiger partial charge >= 0.3 is 5.97 Å². The van der Waals surface area contributed by atoms with Crippen molar-refractivity contribution in [2.75, 3.05) is 4.90 Å². The SMILES string of the molecule is Cc1ccc(C)c(/C(O)=C2\C(=O)C(=O)N(c3cccc(C(=O)OC(C)C)c3)C2c2ccncc2)c1. The van der Waals surface area contributed by atoms with E-state index < -0.39 is 23.7 Å². The first-order chi connectivity index (χ1) is 16.7. The number of nitrogens with zero attached hydrogens (tertiary/aromatic N) is 2. The summed E-state index contributed by atoms with van der Waals surface area (Å²) in [4.78, 5) is 44.5. The number of carbonyl (C=O) groups excluding carboxylic acids is 3. The quantitative estimate of drug-likeness (QED) is 0.247. The maximum absolute atomic E-state index is 13.3. The third-order valence-electron chi connectivity index (χ3n) is 5.82. The summed E-state index contributed by atoms with van der Waals surface area (Å²) in [6.45, 7) is 7.21. The molecule has 7 nitrogen and oxygen atoms in total. The van der Waals surface area contributed by atoms with E-state index in [0.717, 1.165) is 11.1 Å². The Kier molecular flexibility index (Phi) is 6.51. The summed E-state index contributed by atoms with van der Waals surface area (Å²) in [5, 5.41) is 11.3. The summed E-state index contributed by atoms with van der Waals surface area (Å²) in [5.41, 5.74) is 3.32. The van der Waals surface area contributed by atoms with Gasteiger partial charge in [-0.3, -0.25) is 19.5 Å². The van der Waals surface area contributed by atoms with Gasteiger partial charge in [0.25, 0.3) is 11.7 Å².